The van der Waals surface area contributed by atoms with Crippen molar-refractivity contribution in [2.24, 2.45) is 5.41 Å². The molecule has 5 nitrogen and oxygen atoms in total. The van der Waals surface area contributed by atoms with E-state index in [4.69, 9.17) is 0 Å². The molecule has 0 spiro atoms. The van der Waals surface area contributed by atoms with E-state index in [9.17, 15) is 18.6 Å². The molecule has 0 amide bonds. The molecule has 1 heterocycles. The third-order valence-electron chi connectivity index (χ3n) is 7.15. The monoisotopic (exact) mass is 473 g/mol. The van der Waals surface area contributed by atoms with Crippen LogP contribution in [0.3, 0.4) is 0 Å². The fraction of sp³-hybridized carbons (Fsp3) is 0.556. The van der Waals surface area contributed by atoms with Crippen molar-refractivity contribution in [3.8, 4) is 0 Å². The second-order valence-corrected chi connectivity index (χ2v) is 11.7. The van der Waals surface area contributed by atoms with E-state index < -0.39 is 27.3 Å². The zero-order valence-electron chi connectivity index (χ0n) is 20.4. The Morgan fingerprint density at radius 2 is 1.70 bits per heavy atom. The number of aliphatic hydroxyl groups excluding tert-OH is 2. The molecule has 2 N–H and O–H groups in total. The molecule has 0 aromatic heterocycles. The van der Waals surface area contributed by atoms with Gasteiger partial charge in [0.15, 0.2) is 9.84 Å². The van der Waals surface area contributed by atoms with Crippen LogP contribution in [0.15, 0.2) is 47.4 Å². The molecule has 0 aliphatic carbocycles. The van der Waals surface area contributed by atoms with Crippen molar-refractivity contribution >= 4 is 15.5 Å². The summed E-state index contributed by atoms with van der Waals surface area (Å²) < 4.78 is 27.6. The van der Waals surface area contributed by atoms with Crippen LogP contribution in [0.5, 0.6) is 0 Å². The summed E-state index contributed by atoms with van der Waals surface area (Å²) in [4.78, 5) is 2.27. The van der Waals surface area contributed by atoms with Gasteiger partial charge in [0.05, 0.1) is 23.4 Å². The van der Waals surface area contributed by atoms with Crippen LogP contribution in [-0.2, 0) is 16.4 Å². The van der Waals surface area contributed by atoms with E-state index in [1.165, 1.54) is 0 Å². The van der Waals surface area contributed by atoms with Gasteiger partial charge >= 0.3 is 0 Å². The highest BCUT2D eigenvalue weighted by Gasteiger charge is 2.49. The van der Waals surface area contributed by atoms with E-state index in [0.29, 0.717) is 23.3 Å². The van der Waals surface area contributed by atoms with E-state index >= 15 is 0 Å². The lowest BCUT2D eigenvalue weighted by atomic mass is 9.68. The molecule has 2 aromatic rings. The molecule has 0 radical (unpaired) electrons. The van der Waals surface area contributed by atoms with E-state index in [2.05, 4.69) is 13.8 Å². The lowest BCUT2D eigenvalue weighted by Gasteiger charge is -2.40. The Morgan fingerprint density at radius 3 is 2.27 bits per heavy atom. The number of anilines is 1. The zero-order chi connectivity index (χ0) is 24.2. The standard InChI is InChI=1S/C27H39NO4S/c1-5-7-14-27(15-8-6-2)19-33(31,32)24-13-12-22(28(3)4)17-23(24)25(26(27)30)21-11-9-10-20(16-21)18-29/h9-13,16-17,25-26,29-30H,5-8,14-15,18-19H2,1-4H3/t25-,26-/m1/s1. The van der Waals surface area contributed by atoms with Crippen LogP contribution in [0.2, 0.25) is 0 Å². The van der Waals surface area contributed by atoms with Crippen molar-refractivity contribution < 1.29 is 18.6 Å². The van der Waals surface area contributed by atoms with E-state index in [1.54, 1.807) is 6.07 Å². The maximum Gasteiger partial charge on any atom is 0.179 e. The highest BCUT2D eigenvalue weighted by molar-refractivity contribution is 7.91. The minimum absolute atomic E-state index is 0.0360. The van der Waals surface area contributed by atoms with Gasteiger partial charge in [-0.15, -0.1) is 0 Å². The Balaban J connectivity index is 2.32. The fourth-order valence-corrected chi connectivity index (χ4v) is 7.47. The number of fused-ring (bicyclic) bond motifs is 1. The van der Waals surface area contributed by atoms with Gasteiger partial charge in [-0.3, -0.25) is 0 Å². The molecular weight excluding hydrogens is 434 g/mol. The fourth-order valence-electron chi connectivity index (χ4n) is 5.28. The lowest BCUT2D eigenvalue weighted by molar-refractivity contribution is 0.0127. The Hall–Kier alpha value is -1.89. The summed E-state index contributed by atoms with van der Waals surface area (Å²) >= 11 is 0. The van der Waals surface area contributed by atoms with E-state index in [0.717, 1.165) is 42.5 Å². The van der Waals surface area contributed by atoms with Crippen LogP contribution < -0.4 is 4.90 Å². The number of aliphatic hydroxyl groups is 2. The third kappa shape index (κ3) is 5.28. The van der Waals surface area contributed by atoms with Crippen molar-refractivity contribution in [2.75, 3.05) is 24.7 Å². The van der Waals surface area contributed by atoms with Gasteiger partial charge in [0, 0.05) is 31.1 Å². The zero-order valence-corrected chi connectivity index (χ0v) is 21.2. The molecule has 182 valence electrons. The summed E-state index contributed by atoms with van der Waals surface area (Å²) in [5.41, 5.74) is 2.43. The number of unbranched alkanes of at least 4 members (excludes halogenated alkanes) is 2. The maximum atomic E-state index is 13.8. The molecule has 0 bridgehead atoms. The first-order chi connectivity index (χ1) is 15.7. The first-order valence-electron chi connectivity index (χ1n) is 12.1. The van der Waals surface area contributed by atoms with Gasteiger partial charge in [0.1, 0.15) is 0 Å². The summed E-state index contributed by atoms with van der Waals surface area (Å²) in [6.45, 7) is 4.10. The van der Waals surface area contributed by atoms with Gasteiger partial charge in [-0.2, -0.15) is 0 Å². The van der Waals surface area contributed by atoms with Gasteiger partial charge in [0.2, 0.25) is 0 Å². The number of hydrogen-bond acceptors (Lipinski definition) is 5. The Labute approximate surface area is 199 Å². The SMILES string of the molecule is CCCCC1(CCCC)CS(=O)(=O)c2ccc(N(C)C)cc2[C@@H](c2cccc(CO)c2)[C@H]1O. The van der Waals surface area contributed by atoms with Gasteiger partial charge < -0.3 is 15.1 Å². The predicted octanol–water partition coefficient (Wildman–Crippen LogP) is 4.89. The van der Waals surface area contributed by atoms with Gasteiger partial charge in [-0.1, -0.05) is 63.8 Å². The van der Waals surface area contributed by atoms with Crippen molar-refractivity contribution in [1.29, 1.82) is 0 Å². The molecule has 0 fully saturated rings. The molecule has 1 aliphatic rings. The van der Waals surface area contributed by atoms with Crippen LogP contribution in [0.4, 0.5) is 5.69 Å². The molecule has 0 saturated carbocycles. The molecule has 3 rings (SSSR count). The van der Waals surface area contributed by atoms with Crippen molar-refractivity contribution in [3.63, 3.8) is 0 Å². The average Bonchev–Trinajstić information content (AvgIpc) is 2.87. The highest BCUT2D eigenvalue weighted by Crippen LogP contribution is 2.50. The second kappa shape index (κ2) is 10.6. The molecule has 2 aromatic carbocycles. The van der Waals surface area contributed by atoms with Crippen LogP contribution in [0, 0.1) is 5.41 Å². The Kier molecular flexibility index (Phi) is 8.25. The molecule has 6 heteroatoms. The largest absolute Gasteiger partial charge is 0.392 e. The van der Waals surface area contributed by atoms with Gasteiger partial charge in [0.25, 0.3) is 0 Å². The molecule has 33 heavy (non-hydrogen) atoms. The van der Waals surface area contributed by atoms with E-state index in [1.807, 2.05) is 55.4 Å². The first-order valence-corrected chi connectivity index (χ1v) is 13.8. The number of hydrogen-bond donors (Lipinski definition) is 2. The topological polar surface area (TPSA) is 77.8 Å². The molecular formula is C27H39NO4S. The Morgan fingerprint density at radius 1 is 1.03 bits per heavy atom. The molecule has 1 aliphatic heterocycles. The average molecular weight is 474 g/mol. The molecule has 0 unspecified atom stereocenters. The molecule has 0 saturated heterocycles. The maximum absolute atomic E-state index is 13.8. The number of rotatable bonds is 9. The minimum atomic E-state index is -3.61. The minimum Gasteiger partial charge on any atom is -0.392 e. The summed E-state index contributed by atoms with van der Waals surface area (Å²) in [5.74, 6) is -0.525. The summed E-state index contributed by atoms with van der Waals surface area (Å²) in [7, 11) is 0.249. The summed E-state index contributed by atoms with van der Waals surface area (Å²) in [5, 5.41) is 21.8. The van der Waals surface area contributed by atoms with E-state index in [-0.39, 0.29) is 12.4 Å². The van der Waals surface area contributed by atoms with Crippen molar-refractivity contribution in [1.82, 2.24) is 0 Å². The van der Waals surface area contributed by atoms with Gasteiger partial charge in [-0.05, 0) is 47.7 Å². The summed E-state index contributed by atoms with van der Waals surface area (Å²) in [6, 6.07) is 13.1. The summed E-state index contributed by atoms with van der Waals surface area (Å²) in [6.07, 6.45) is 4.14. The van der Waals surface area contributed by atoms with Crippen LogP contribution in [-0.4, -0.2) is 44.6 Å². The normalized spacial score (nSPS) is 21.3. The first kappa shape index (κ1) is 25.7. The van der Waals surface area contributed by atoms with Crippen LogP contribution in [0.1, 0.15) is 75.0 Å². The van der Waals surface area contributed by atoms with Crippen molar-refractivity contribution in [3.05, 3.63) is 59.2 Å². The Bertz CT molecular complexity index is 1040. The smallest absolute Gasteiger partial charge is 0.179 e. The quantitative estimate of drug-likeness (QED) is 0.542. The van der Waals surface area contributed by atoms with Crippen LogP contribution in [0.25, 0.3) is 0 Å². The van der Waals surface area contributed by atoms with Crippen molar-refractivity contribution in [2.45, 2.75) is 75.9 Å². The highest BCUT2D eigenvalue weighted by atomic mass is 32.2. The number of sulfone groups is 1. The predicted molar refractivity (Wildman–Crippen MR) is 135 cm³/mol. The lowest BCUT2D eigenvalue weighted by Crippen LogP contribution is -2.43. The second-order valence-electron chi connectivity index (χ2n) is 9.77. The third-order valence-corrected chi connectivity index (χ3v) is 9.15. The molecule has 2 atom stereocenters. The van der Waals surface area contributed by atoms with Crippen LogP contribution >= 0.6 is 0 Å². The number of nitrogens with zero attached hydrogens (tertiary/aromatic N) is 1. The number of benzene rings is 2. The van der Waals surface area contributed by atoms with Gasteiger partial charge in [-0.25, -0.2) is 8.42 Å².